The van der Waals surface area contributed by atoms with Crippen molar-refractivity contribution in [2.24, 2.45) is 0 Å². The number of carbonyl (C=O) groups excluding carboxylic acids is 1. The Morgan fingerprint density at radius 2 is 1.57 bits per heavy atom. The molecule has 5 nitrogen and oxygen atoms in total. The smallest absolute Gasteiger partial charge is 0.435 e. The Morgan fingerprint density at radius 3 is 2.05 bits per heavy atom. The summed E-state index contributed by atoms with van der Waals surface area (Å²) < 4.78 is 21.2. The van der Waals surface area contributed by atoms with Gasteiger partial charge in [0.05, 0.1) is 6.26 Å². The van der Waals surface area contributed by atoms with Crippen LogP contribution in [0, 0.1) is 0 Å². The molecule has 0 aromatic rings. The molecule has 0 radical (unpaired) electrons. The number of rotatable bonds is 13. The Labute approximate surface area is 130 Å². The highest BCUT2D eigenvalue weighted by Gasteiger charge is 2.51. The number of hydrogen-bond acceptors (Lipinski definition) is 5. The van der Waals surface area contributed by atoms with Crippen molar-refractivity contribution in [3.8, 4) is 0 Å². The fourth-order valence-corrected chi connectivity index (χ4v) is 4.68. The standard InChI is InChI=1S/C15H30O5Si/c1-6-8-9-10-11-12-13-14(15(16)20-7-2)21(17-3,18-4)19-5/h7,14H,2,6,8-13H2,1,3-5H3. The summed E-state index contributed by atoms with van der Waals surface area (Å²) >= 11 is 0. The number of carbonyl (C=O) groups is 1. The Hall–Kier alpha value is -0.693. The third kappa shape index (κ3) is 6.73. The van der Waals surface area contributed by atoms with E-state index in [2.05, 4.69) is 13.5 Å². The second kappa shape index (κ2) is 11.9. The van der Waals surface area contributed by atoms with Crippen LogP contribution in [0.1, 0.15) is 51.9 Å². The fraction of sp³-hybridized carbons (Fsp3) is 0.800. The van der Waals surface area contributed by atoms with E-state index in [1.807, 2.05) is 0 Å². The molecule has 0 aliphatic heterocycles. The highest BCUT2D eigenvalue weighted by Crippen LogP contribution is 2.31. The maximum atomic E-state index is 12.1. The van der Waals surface area contributed by atoms with Gasteiger partial charge < -0.3 is 18.0 Å². The van der Waals surface area contributed by atoms with Crippen LogP contribution in [0.5, 0.6) is 0 Å². The molecule has 21 heavy (non-hydrogen) atoms. The quantitative estimate of drug-likeness (QED) is 0.224. The summed E-state index contributed by atoms with van der Waals surface area (Å²) in [6.45, 7) is 5.61. The van der Waals surface area contributed by atoms with E-state index in [4.69, 9.17) is 18.0 Å². The Kier molecular flexibility index (Phi) is 11.5. The zero-order valence-corrected chi connectivity index (χ0v) is 14.9. The average molecular weight is 318 g/mol. The lowest BCUT2D eigenvalue weighted by molar-refractivity contribution is -0.139. The molecular formula is C15H30O5Si. The van der Waals surface area contributed by atoms with Gasteiger partial charge in [0.25, 0.3) is 0 Å². The molecule has 0 amide bonds. The van der Waals surface area contributed by atoms with E-state index in [9.17, 15) is 4.79 Å². The molecule has 1 unspecified atom stereocenters. The summed E-state index contributed by atoms with van der Waals surface area (Å²) in [5.74, 6) is -0.393. The first-order chi connectivity index (χ1) is 10.1. The molecule has 0 aromatic carbocycles. The van der Waals surface area contributed by atoms with Gasteiger partial charge in [0, 0.05) is 21.3 Å². The van der Waals surface area contributed by atoms with Crippen molar-refractivity contribution in [2.75, 3.05) is 21.3 Å². The molecule has 0 bridgehead atoms. The summed E-state index contributed by atoms with van der Waals surface area (Å²) in [7, 11) is 1.48. The molecule has 0 saturated heterocycles. The molecule has 0 N–H and O–H groups in total. The predicted octanol–water partition coefficient (Wildman–Crippen LogP) is 3.67. The molecule has 0 rings (SSSR count). The summed E-state index contributed by atoms with van der Waals surface area (Å²) in [5, 5.41) is 0. The third-order valence-electron chi connectivity index (χ3n) is 3.61. The van der Waals surface area contributed by atoms with Gasteiger partial charge in [0.15, 0.2) is 0 Å². The van der Waals surface area contributed by atoms with Crippen LogP contribution in [0.3, 0.4) is 0 Å². The molecule has 0 saturated carbocycles. The average Bonchev–Trinajstić information content (AvgIpc) is 2.50. The number of hydrogen-bond donors (Lipinski definition) is 0. The van der Waals surface area contributed by atoms with Crippen molar-refractivity contribution in [1.82, 2.24) is 0 Å². The minimum atomic E-state index is -3.04. The lowest BCUT2D eigenvalue weighted by atomic mass is 10.1. The van der Waals surface area contributed by atoms with Gasteiger partial charge in [-0.2, -0.15) is 0 Å². The van der Waals surface area contributed by atoms with E-state index in [1.54, 1.807) is 0 Å². The van der Waals surface area contributed by atoms with Crippen molar-refractivity contribution in [3.63, 3.8) is 0 Å². The first-order valence-electron chi connectivity index (χ1n) is 7.58. The monoisotopic (exact) mass is 318 g/mol. The van der Waals surface area contributed by atoms with Gasteiger partial charge in [0.2, 0.25) is 0 Å². The summed E-state index contributed by atoms with van der Waals surface area (Å²) in [4.78, 5) is 12.1. The van der Waals surface area contributed by atoms with Gasteiger partial charge in [-0.1, -0.05) is 52.0 Å². The molecule has 0 aromatic heterocycles. The van der Waals surface area contributed by atoms with Gasteiger partial charge in [-0.3, -0.25) is 4.79 Å². The molecule has 0 spiro atoms. The Balaban J connectivity index is 4.59. The van der Waals surface area contributed by atoms with E-state index >= 15 is 0 Å². The van der Waals surface area contributed by atoms with Crippen LogP contribution in [-0.4, -0.2) is 36.1 Å². The van der Waals surface area contributed by atoms with Crippen molar-refractivity contribution >= 4 is 14.8 Å². The second-order valence-electron chi connectivity index (χ2n) is 4.93. The van der Waals surface area contributed by atoms with Gasteiger partial charge >= 0.3 is 14.8 Å². The van der Waals surface area contributed by atoms with Crippen LogP contribution in [0.15, 0.2) is 12.8 Å². The largest absolute Gasteiger partial charge is 0.515 e. The lowest BCUT2D eigenvalue weighted by Gasteiger charge is -2.30. The number of unbranched alkanes of at least 4 members (excludes halogenated alkanes) is 5. The molecule has 0 fully saturated rings. The normalized spacial score (nSPS) is 13.0. The fourth-order valence-electron chi connectivity index (χ4n) is 2.41. The van der Waals surface area contributed by atoms with Gasteiger partial charge in [-0.05, 0) is 6.42 Å². The van der Waals surface area contributed by atoms with Crippen LogP contribution >= 0.6 is 0 Å². The summed E-state index contributed by atoms with van der Waals surface area (Å²) in [6, 6.07) is 0. The van der Waals surface area contributed by atoms with Crippen LogP contribution in [0.25, 0.3) is 0 Å². The Bertz CT molecular complexity index is 284. The third-order valence-corrected chi connectivity index (χ3v) is 6.70. The SMILES string of the molecule is C=COC(=O)C(CCCCCCCC)[Si](OC)(OC)OC. The first-order valence-corrected chi connectivity index (χ1v) is 9.38. The van der Waals surface area contributed by atoms with E-state index < -0.39 is 20.3 Å². The molecule has 124 valence electrons. The van der Waals surface area contributed by atoms with E-state index in [0.717, 1.165) is 19.1 Å². The maximum absolute atomic E-state index is 12.1. The predicted molar refractivity (Wildman–Crippen MR) is 84.8 cm³/mol. The number of esters is 1. The molecule has 0 aliphatic carbocycles. The Morgan fingerprint density at radius 1 is 1.05 bits per heavy atom. The molecule has 0 heterocycles. The van der Waals surface area contributed by atoms with Crippen molar-refractivity contribution in [1.29, 1.82) is 0 Å². The first kappa shape index (κ1) is 20.3. The molecule has 6 heteroatoms. The topological polar surface area (TPSA) is 54.0 Å². The van der Waals surface area contributed by atoms with E-state index in [-0.39, 0.29) is 0 Å². The van der Waals surface area contributed by atoms with Crippen molar-refractivity contribution in [3.05, 3.63) is 12.8 Å². The zero-order chi connectivity index (χ0) is 16.1. The van der Waals surface area contributed by atoms with Gasteiger partial charge in [-0.15, -0.1) is 0 Å². The lowest BCUT2D eigenvalue weighted by Crippen LogP contribution is -2.50. The van der Waals surface area contributed by atoms with Crippen LogP contribution in [-0.2, 0) is 22.8 Å². The second-order valence-corrected chi connectivity index (χ2v) is 8.06. The van der Waals surface area contributed by atoms with Crippen LogP contribution in [0.4, 0.5) is 0 Å². The van der Waals surface area contributed by atoms with Gasteiger partial charge in [0.1, 0.15) is 5.54 Å². The number of ether oxygens (including phenoxy) is 1. The highest BCUT2D eigenvalue weighted by atomic mass is 28.4. The highest BCUT2D eigenvalue weighted by molar-refractivity contribution is 6.66. The minimum absolute atomic E-state index is 0.393. The summed E-state index contributed by atoms with van der Waals surface area (Å²) in [5.41, 5.74) is -0.512. The molecular weight excluding hydrogens is 288 g/mol. The molecule has 1 atom stereocenters. The summed E-state index contributed by atoms with van der Waals surface area (Å²) in [6.07, 6.45) is 8.68. The zero-order valence-electron chi connectivity index (χ0n) is 13.9. The van der Waals surface area contributed by atoms with Crippen LogP contribution in [0.2, 0.25) is 5.54 Å². The van der Waals surface area contributed by atoms with Gasteiger partial charge in [-0.25, -0.2) is 0 Å². The van der Waals surface area contributed by atoms with Crippen molar-refractivity contribution in [2.45, 2.75) is 57.4 Å². The molecule has 0 aliphatic rings. The van der Waals surface area contributed by atoms with E-state index in [0.29, 0.717) is 6.42 Å². The van der Waals surface area contributed by atoms with E-state index in [1.165, 1.54) is 47.0 Å². The minimum Gasteiger partial charge on any atom is -0.435 e. The van der Waals surface area contributed by atoms with Crippen LogP contribution < -0.4 is 0 Å². The van der Waals surface area contributed by atoms with Crippen molar-refractivity contribution < 1.29 is 22.8 Å². The maximum Gasteiger partial charge on any atom is 0.515 e.